The zero-order valence-electron chi connectivity index (χ0n) is 28.3. The summed E-state index contributed by atoms with van der Waals surface area (Å²) < 4.78 is 11.2. The second-order valence-electron chi connectivity index (χ2n) is 12.8. The first-order valence-electron chi connectivity index (χ1n) is 16.7. The molecule has 0 spiro atoms. The number of nitrogens with one attached hydrogen (secondary N) is 2. The van der Waals surface area contributed by atoms with Gasteiger partial charge in [0.25, 0.3) is 17.6 Å². The molecule has 0 saturated carbocycles. The third-order valence-corrected chi connectivity index (χ3v) is 8.43. The first-order valence-corrected chi connectivity index (χ1v) is 16.7. The molecular formula is C42H42N2O6. The molecule has 1 aliphatic heterocycles. The number of hydrogen-bond donors (Lipinski definition) is 2. The molecule has 0 aliphatic carbocycles. The lowest BCUT2D eigenvalue weighted by atomic mass is 9.79. The smallest absolute Gasteiger partial charge is 0.327 e. The molecular weight excluding hydrogens is 628 g/mol. The minimum atomic E-state index is -1.68. The van der Waals surface area contributed by atoms with Crippen molar-refractivity contribution in [3.8, 4) is 0 Å². The molecule has 0 unspecified atom stereocenters. The Labute approximate surface area is 293 Å². The van der Waals surface area contributed by atoms with Gasteiger partial charge in [0.15, 0.2) is 5.41 Å². The lowest BCUT2D eigenvalue weighted by Crippen LogP contribution is -2.53. The van der Waals surface area contributed by atoms with Crippen molar-refractivity contribution in [3.05, 3.63) is 168 Å². The van der Waals surface area contributed by atoms with Crippen LogP contribution in [-0.4, -0.2) is 41.6 Å². The molecule has 2 amide bonds. The van der Waals surface area contributed by atoms with Crippen molar-refractivity contribution in [2.75, 3.05) is 0 Å². The fourth-order valence-electron chi connectivity index (χ4n) is 5.78. The highest BCUT2D eigenvalue weighted by molar-refractivity contribution is 6.02. The van der Waals surface area contributed by atoms with E-state index in [2.05, 4.69) is 10.6 Å². The summed E-state index contributed by atoms with van der Waals surface area (Å²) in [7, 11) is 0. The van der Waals surface area contributed by atoms with E-state index in [-0.39, 0.29) is 24.7 Å². The Morgan fingerprint density at radius 3 is 1.28 bits per heavy atom. The largest absolute Gasteiger partial charge is 0.422 e. The van der Waals surface area contributed by atoms with Gasteiger partial charge in [-0.1, -0.05) is 121 Å². The van der Waals surface area contributed by atoms with Gasteiger partial charge in [0.1, 0.15) is 0 Å². The van der Waals surface area contributed by atoms with Crippen molar-refractivity contribution in [1.82, 2.24) is 10.6 Å². The Kier molecular flexibility index (Phi) is 11.8. The molecule has 2 atom stereocenters. The summed E-state index contributed by atoms with van der Waals surface area (Å²) in [6, 6.07) is 36.4. The van der Waals surface area contributed by atoms with Crippen LogP contribution in [0.2, 0.25) is 0 Å². The van der Waals surface area contributed by atoms with Crippen LogP contribution in [0.3, 0.4) is 0 Å². The van der Waals surface area contributed by atoms with Crippen LogP contribution in [0.5, 0.6) is 0 Å². The van der Waals surface area contributed by atoms with E-state index in [1.54, 1.807) is 72.8 Å². The summed E-state index contributed by atoms with van der Waals surface area (Å²) in [5.41, 5.74) is 1.38. The lowest BCUT2D eigenvalue weighted by molar-refractivity contribution is -0.250. The molecule has 1 fully saturated rings. The van der Waals surface area contributed by atoms with Crippen LogP contribution >= 0.6 is 0 Å². The van der Waals surface area contributed by atoms with Crippen molar-refractivity contribution in [1.29, 1.82) is 0 Å². The van der Waals surface area contributed by atoms with Crippen molar-refractivity contribution in [3.63, 3.8) is 0 Å². The second kappa shape index (κ2) is 16.6. The molecule has 0 aromatic heterocycles. The predicted molar refractivity (Wildman–Crippen MR) is 192 cm³/mol. The van der Waals surface area contributed by atoms with E-state index < -0.39 is 35.2 Å². The maximum Gasteiger partial charge on any atom is 0.327 e. The maximum absolute atomic E-state index is 13.7. The fourth-order valence-corrected chi connectivity index (χ4v) is 5.78. The standard InChI is InChI=1S/C42H42N2O6/c1-41(2)49-39(47)42(40(48)50-41,27-15-25-35(29-31-17-7-3-8-18-31)43-37(45)33-21-11-5-12-22-33)28-16-26-36(30-32-19-9-4-10-20-32)44-38(46)34-23-13-6-14-24-34/h3-26,35-36H,27-30H2,1-2H3,(H,43,45)(H,44,46)/b25-15-,26-16+/t35-,36-/m1/s1. The number of carbonyl (C=O) groups excluding carboxylic acids is 4. The first kappa shape index (κ1) is 35.5. The Balaban J connectivity index is 1.38. The maximum atomic E-state index is 13.7. The molecule has 1 saturated heterocycles. The van der Waals surface area contributed by atoms with E-state index in [1.165, 1.54) is 13.8 Å². The Hall–Kier alpha value is -5.76. The number of amides is 2. The minimum absolute atomic E-state index is 0.0304. The lowest BCUT2D eigenvalue weighted by Gasteiger charge is -2.39. The van der Waals surface area contributed by atoms with Crippen LogP contribution in [-0.2, 0) is 31.9 Å². The topological polar surface area (TPSA) is 111 Å². The molecule has 256 valence electrons. The number of allylic oxidation sites excluding steroid dienone is 2. The van der Waals surface area contributed by atoms with Crippen LogP contribution in [0.25, 0.3) is 0 Å². The van der Waals surface area contributed by atoms with Crippen molar-refractivity contribution in [2.24, 2.45) is 5.41 Å². The molecule has 1 heterocycles. The quantitative estimate of drug-likeness (QED) is 0.0869. The van der Waals surface area contributed by atoms with Crippen LogP contribution in [0, 0.1) is 5.41 Å². The number of ether oxygens (including phenoxy) is 2. The van der Waals surface area contributed by atoms with Gasteiger partial charge >= 0.3 is 11.9 Å². The number of benzene rings is 4. The monoisotopic (exact) mass is 670 g/mol. The predicted octanol–water partition coefficient (Wildman–Crippen LogP) is 6.78. The van der Waals surface area contributed by atoms with Crippen molar-refractivity contribution < 1.29 is 28.7 Å². The molecule has 1 aliphatic rings. The highest BCUT2D eigenvalue weighted by atomic mass is 16.7. The van der Waals surface area contributed by atoms with E-state index in [1.807, 2.05) is 72.8 Å². The van der Waals surface area contributed by atoms with Crippen LogP contribution in [0.1, 0.15) is 58.5 Å². The van der Waals surface area contributed by atoms with Gasteiger partial charge < -0.3 is 20.1 Å². The highest BCUT2D eigenvalue weighted by Crippen LogP contribution is 2.39. The summed E-state index contributed by atoms with van der Waals surface area (Å²) in [5, 5.41) is 6.14. The fraction of sp³-hybridized carbons (Fsp3) is 0.238. The molecule has 5 rings (SSSR count). The van der Waals surface area contributed by atoms with Gasteiger partial charge in [0.05, 0.1) is 12.1 Å². The Morgan fingerprint density at radius 2 is 0.920 bits per heavy atom. The molecule has 4 aromatic rings. The van der Waals surface area contributed by atoms with E-state index in [9.17, 15) is 19.2 Å². The van der Waals surface area contributed by atoms with Gasteiger partial charge in [-0.05, 0) is 61.1 Å². The summed E-state index contributed by atoms with van der Waals surface area (Å²) >= 11 is 0. The average Bonchev–Trinajstić information content (AvgIpc) is 3.11. The summed E-state index contributed by atoms with van der Waals surface area (Å²) in [6.45, 7) is 3.03. The average molecular weight is 671 g/mol. The molecule has 8 nitrogen and oxygen atoms in total. The zero-order valence-corrected chi connectivity index (χ0v) is 28.3. The van der Waals surface area contributed by atoms with Gasteiger partial charge in [-0.2, -0.15) is 0 Å². The minimum Gasteiger partial charge on any atom is -0.422 e. The Morgan fingerprint density at radius 1 is 0.580 bits per heavy atom. The van der Waals surface area contributed by atoms with Gasteiger partial charge in [-0.15, -0.1) is 0 Å². The van der Waals surface area contributed by atoms with Gasteiger partial charge in [-0.25, -0.2) is 0 Å². The first-order chi connectivity index (χ1) is 24.1. The summed E-state index contributed by atoms with van der Waals surface area (Å²) in [6.07, 6.45) is 7.99. The van der Waals surface area contributed by atoms with E-state index in [0.717, 1.165) is 11.1 Å². The number of rotatable bonds is 14. The Bertz CT molecular complexity index is 1670. The zero-order chi connectivity index (χ0) is 35.4. The van der Waals surface area contributed by atoms with Crippen LogP contribution in [0.15, 0.2) is 146 Å². The van der Waals surface area contributed by atoms with Gasteiger partial charge in [-0.3, -0.25) is 19.2 Å². The van der Waals surface area contributed by atoms with E-state index in [0.29, 0.717) is 24.0 Å². The number of cyclic esters (lactones) is 2. The SMILES string of the molecule is CC1(C)OC(=O)C(C/C=C\[C@H](Cc2ccccc2)NC(=O)c2ccccc2)(C/C=C/[C@H](Cc2ccccc2)NC(=O)c2ccccc2)C(=O)O1. The van der Waals surface area contributed by atoms with Crippen LogP contribution < -0.4 is 10.6 Å². The van der Waals surface area contributed by atoms with Gasteiger partial charge in [0, 0.05) is 25.0 Å². The van der Waals surface area contributed by atoms with E-state index in [4.69, 9.17) is 9.47 Å². The molecule has 50 heavy (non-hydrogen) atoms. The normalized spacial score (nSPS) is 16.3. The molecule has 8 heteroatoms. The molecule has 0 bridgehead atoms. The third kappa shape index (κ3) is 9.66. The third-order valence-electron chi connectivity index (χ3n) is 8.43. The molecule has 2 N–H and O–H groups in total. The molecule has 0 radical (unpaired) electrons. The molecule has 4 aromatic carbocycles. The number of esters is 2. The number of hydrogen-bond acceptors (Lipinski definition) is 6. The van der Waals surface area contributed by atoms with Gasteiger partial charge in [0.2, 0.25) is 0 Å². The van der Waals surface area contributed by atoms with Crippen molar-refractivity contribution in [2.45, 2.75) is 57.4 Å². The van der Waals surface area contributed by atoms with Crippen LogP contribution in [0.4, 0.5) is 0 Å². The number of carbonyl (C=O) groups is 4. The highest BCUT2D eigenvalue weighted by Gasteiger charge is 2.54. The second-order valence-corrected chi connectivity index (χ2v) is 12.8. The van der Waals surface area contributed by atoms with Crippen molar-refractivity contribution >= 4 is 23.8 Å². The van der Waals surface area contributed by atoms with E-state index >= 15 is 0 Å². The summed E-state index contributed by atoms with van der Waals surface area (Å²) in [4.78, 5) is 53.6. The summed E-state index contributed by atoms with van der Waals surface area (Å²) in [5.74, 6) is -3.30.